The fourth-order valence-corrected chi connectivity index (χ4v) is 3.51. The molecule has 2 heterocycles. The summed E-state index contributed by atoms with van der Waals surface area (Å²) in [6, 6.07) is 12.1. The second-order valence-electron chi connectivity index (χ2n) is 7.29. The minimum atomic E-state index is -0.328. The zero-order valence-electron chi connectivity index (χ0n) is 18.0. The van der Waals surface area contributed by atoms with Crippen molar-refractivity contribution in [1.82, 2.24) is 14.4 Å². The van der Waals surface area contributed by atoms with Crippen molar-refractivity contribution in [1.29, 1.82) is 0 Å². The van der Waals surface area contributed by atoms with Gasteiger partial charge in [-0.25, -0.2) is 0 Å². The summed E-state index contributed by atoms with van der Waals surface area (Å²) in [5.41, 5.74) is 1.31. The standard InChI is InChI=1S/C23H25Cl2N3O4/c1-26-9-3-5-18(26)14-28(15-19-6-4-11-32-19)22(29)16-27(10-12-31-2)23(30)17-7-8-20(24)21(25)13-17/h3-9,11,13H,10,12,14-16H2,1-2H3. The average molecular weight is 478 g/mol. The van der Waals surface area contributed by atoms with Crippen LogP contribution >= 0.6 is 23.2 Å². The van der Waals surface area contributed by atoms with Crippen molar-refractivity contribution in [2.24, 2.45) is 7.05 Å². The lowest BCUT2D eigenvalue weighted by Gasteiger charge is -2.27. The third-order valence-corrected chi connectivity index (χ3v) is 5.77. The minimum Gasteiger partial charge on any atom is -0.467 e. The Labute approximate surface area is 197 Å². The number of benzene rings is 1. The molecular weight excluding hydrogens is 453 g/mol. The Kier molecular flexibility index (Phi) is 8.39. The van der Waals surface area contributed by atoms with Gasteiger partial charge in [0.25, 0.3) is 5.91 Å². The summed E-state index contributed by atoms with van der Waals surface area (Å²) in [5, 5.41) is 0.633. The molecule has 0 fully saturated rings. The lowest BCUT2D eigenvalue weighted by Crippen LogP contribution is -2.43. The van der Waals surface area contributed by atoms with E-state index in [2.05, 4.69) is 0 Å². The van der Waals surface area contributed by atoms with E-state index in [4.69, 9.17) is 32.4 Å². The summed E-state index contributed by atoms with van der Waals surface area (Å²) < 4.78 is 12.5. The fourth-order valence-electron chi connectivity index (χ4n) is 3.21. The van der Waals surface area contributed by atoms with Crippen molar-refractivity contribution < 1.29 is 18.7 Å². The normalized spacial score (nSPS) is 10.9. The summed E-state index contributed by atoms with van der Waals surface area (Å²) in [5.74, 6) is 0.115. The number of aryl methyl sites for hydroxylation is 1. The summed E-state index contributed by atoms with van der Waals surface area (Å²) >= 11 is 12.1. The number of amides is 2. The van der Waals surface area contributed by atoms with Crippen LogP contribution in [0.3, 0.4) is 0 Å². The van der Waals surface area contributed by atoms with Crippen LogP contribution in [0.25, 0.3) is 0 Å². The molecule has 32 heavy (non-hydrogen) atoms. The van der Waals surface area contributed by atoms with Gasteiger partial charge in [-0.15, -0.1) is 0 Å². The number of rotatable bonds is 10. The van der Waals surface area contributed by atoms with Gasteiger partial charge in [0.15, 0.2) is 0 Å². The van der Waals surface area contributed by atoms with Crippen LogP contribution in [0.4, 0.5) is 0 Å². The van der Waals surface area contributed by atoms with Crippen molar-refractivity contribution in [3.05, 3.63) is 82.0 Å². The Morgan fingerprint density at radius 2 is 1.88 bits per heavy atom. The van der Waals surface area contributed by atoms with Gasteiger partial charge < -0.3 is 23.5 Å². The van der Waals surface area contributed by atoms with Gasteiger partial charge in [-0.2, -0.15) is 0 Å². The Morgan fingerprint density at radius 3 is 2.50 bits per heavy atom. The molecule has 3 aromatic rings. The molecule has 0 aliphatic carbocycles. The third kappa shape index (κ3) is 6.16. The third-order valence-electron chi connectivity index (χ3n) is 5.03. The van der Waals surface area contributed by atoms with Crippen LogP contribution < -0.4 is 0 Å². The van der Waals surface area contributed by atoms with Gasteiger partial charge in [0.2, 0.25) is 5.91 Å². The van der Waals surface area contributed by atoms with E-state index in [-0.39, 0.29) is 43.1 Å². The van der Waals surface area contributed by atoms with Crippen LogP contribution in [-0.2, 0) is 29.7 Å². The maximum atomic E-state index is 13.3. The highest BCUT2D eigenvalue weighted by Gasteiger charge is 2.24. The molecule has 1 aromatic carbocycles. The molecule has 0 N–H and O–H groups in total. The Morgan fingerprint density at radius 1 is 1.06 bits per heavy atom. The first-order valence-corrected chi connectivity index (χ1v) is 10.8. The highest BCUT2D eigenvalue weighted by Crippen LogP contribution is 2.23. The van der Waals surface area contributed by atoms with Gasteiger partial charge in [-0.1, -0.05) is 23.2 Å². The zero-order chi connectivity index (χ0) is 23.1. The molecule has 0 spiro atoms. The molecule has 2 amide bonds. The lowest BCUT2D eigenvalue weighted by atomic mass is 10.2. The smallest absolute Gasteiger partial charge is 0.254 e. The SMILES string of the molecule is COCCN(CC(=O)N(Cc1ccco1)Cc1cccn1C)C(=O)c1ccc(Cl)c(Cl)c1. The predicted octanol–water partition coefficient (Wildman–Crippen LogP) is 4.24. The van der Waals surface area contributed by atoms with Crippen molar-refractivity contribution in [2.75, 3.05) is 26.8 Å². The molecule has 0 aliphatic heterocycles. The van der Waals surface area contributed by atoms with Gasteiger partial charge in [0, 0.05) is 38.2 Å². The van der Waals surface area contributed by atoms with E-state index in [9.17, 15) is 9.59 Å². The fraction of sp³-hybridized carbons (Fsp3) is 0.304. The van der Waals surface area contributed by atoms with E-state index in [1.54, 1.807) is 36.5 Å². The quantitative estimate of drug-likeness (QED) is 0.437. The maximum Gasteiger partial charge on any atom is 0.254 e. The summed E-state index contributed by atoms with van der Waals surface area (Å²) in [4.78, 5) is 29.6. The van der Waals surface area contributed by atoms with Crippen LogP contribution in [-0.4, -0.2) is 53.0 Å². The largest absolute Gasteiger partial charge is 0.467 e. The predicted molar refractivity (Wildman–Crippen MR) is 123 cm³/mol. The van der Waals surface area contributed by atoms with Crippen LogP contribution in [0, 0.1) is 0 Å². The molecule has 0 atom stereocenters. The molecule has 0 bridgehead atoms. The van der Waals surface area contributed by atoms with Crippen molar-refractivity contribution >= 4 is 35.0 Å². The number of carbonyl (C=O) groups is 2. The molecular formula is C23H25Cl2N3O4. The van der Waals surface area contributed by atoms with Gasteiger partial charge >= 0.3 is 0 Å². The average Bonchev–Trinajstić information content (AvgIpc) is 3.44. The number of hydrogen-bond acceptors (Lipinski definition) is 4. The number of methoxy groups -OCH3 is 1. The Bertz CT molecular complexity index is 1050. The molecule has 0 saturated heterocycles. The maximum absolute atomic E-state index is 13.3. The van der Waals surface area contributed by atoms with Crippen LogP contribution in [0.1, 0.15) is 21.8 Å². The highest BCUT2D eigenvalue weighted by atomic mass is 35.5. The summed E-state index contributed by atoms with van der Waals surface area (Å²) in [7, 11) is 3.46. The minimum absolute atomic E-state index is 0.117. The molecule has 0 saturated carbocycles. The van der Waals surface area contributed by atoms with Gasteiger partial charge in [0.1, 0.15) is 12.3 Å². The first-order valence-electron chi connectivity index (χ1n) is 10.0. The topological polar surface area (TPSA) is 67.9 Å². The number of furan rings is 1. The van der Waals surface area contributed by atoms with E-state index in [0.717, 1.165) is 5.69 Å². The first-order chi connectivity index (χ1) is 15.4. The van der Waals surface area contributed by atoms with Crippen LogP contribution in [0.2, 0.25) is 10.0 Å². The van der Waals surface area contributed by atoms with E-state index < -0.39 is 0 Å². The van der Waals surface area contributed by atoms with E-state index in [0.29, 0.717) is 22.9 Å². The van der Waals surface area contributed by atoms with Crippen molar-refractivity contribution in [2.45, 2.75) is 13.1 Å². The number of hydrogen-bond donors (Lipinski definition) is 0. The lowest BCUT2D eigenvalue weighted by molar-refractivity contribution is -0.133. The van der Waals surface area contributed by atoms with Gasteiger partial charge in [-0.3, -0.25) is 9.59 Å². The second kappa shape index (κ2) is 11.2. The number of carbonyl (C=O) groups excluding carboxylic acids is 2. The zero-order valence-corrected chi connectivity index (χ0v) is 19.5. The van der Waals surface area contributed by atoms with E-state index in [1.165, 1.54) is 11.0 Å². The molecule has 9 heteroatoms. The molecule has 0 radical (unpaired) electrons. The number of halogens is 2. The number of nitrogens with zero attached hydrogens (tertiary/aromatic N) is 3. The molecule has 0 unspecified atom stereocenters. The monoisotopic (exact) mass is 477 g/mol. The number of aromatic nitrogens is 1. The summed E-state index contributed by atoms with van der Waals surface area (Å²) in [6.07, 6.45) is 3.49. The molecule has 7 nitrogen and oxygen atoms in total. The Balaban J connectivity index is 1.80. The number of ether oxygens (including phenoxy) is 1. The van der Waals surface area contributed by atoms with Crippen molar-refractivity contribution in [3.8, 4) is 0 Å². The first kappa shape index (κ1) is 23.9. The van der Waals surface area contributed by atoms with E-state index in [1.807, 2.05) is 36.0 Å². The molecule has 0 aliphatic rings. The molecule has 2 aromatic heterocycles. The van der Waals surface area contributed by atoms with E-state index >= 15 is 0 Å². The summed E-state index contributed by atoms with van der Waals surface area (Å²) in [6.45, 7) is 1.09. The van der Waals surface area contributed by atoms with Gasteiger partial charge in [-0.05, 0) is 42.5 Å². The van der Waals surface area contributed by atoms with Crippen LogP contribution in [0.5, 0.6) is 0 Å². The second-order valence-corrected chi connectivity index (χ2v) is 8.10. The molecule has 170 valence electrons. The Hall–Kier alpha value is -2.74. The highest BCUT2D eigenvalue weighted by molar-refractivity contribution is 6.42. The van der Waals surface area contributed by atoms with Gasteiger partial charge in [0.05, 0.1) is 36.0 Å². The van der Waals surface area contributed by atoms with Crippen LogP contribution in [0.15, 0.2) is 59.3 Å². The van der Waals surface area contributed by atoms with Crippen molar-refractivity contribution in [3.63, 3.8) is 0 Å². The molecule has 3 rings (SSSR count).